The molecule has 37 heavy (non-hydrogen) atoms. The number of carboxylic acids is 1. The Balaban J connectivity index is 1.54. The van der Waals surface area contributed by atoms with Crippen molar-refractivity contribution in [1.29, 1.82) is 0 Å². The van der Waals surface area contributed by atoms with Crippen LogP contribution in [-0.4, -0.2) is 58.1 Å². The molecule has 5 nitrogen and oxygen atoms in total. The van der Waals surface area contributed by atoms with Gasteiger partial charge in [0.05, 0.1) is 22.3 Å². The summed E-state index contributed by atoms with van der Waals surface area (Å²) in [5.41, 5.74) is 0.537. The average Bonchev–Trinajstić information content (AvgIpc) is 2.88. The highest BCUT2D eigenvalue weighted by molar-refractivity contribution is 6.31. The first-order chi connectivity index (χ1) is 17.7. The molecule has 5 rings (SSSR count). The number of hydrogen-bond acceptors (Lipinski definition) is 4. The first-order valence-electron chi connectivity index (χ1n) is 12.7. The van der Waals surface area contributed by atoms with Crippen molar-refractivity contribution in [2.45, 2.75) is 50.9 Å². The molecule has 196 valence electrons. The fourth-order valence-electron chi connectivity index (χ4n) is 5.70. The van der Waals surface area contributed by atoms with E-state index in [2.05, 4.69) is 14.8 Å². The Morgan fingerprint density at radius 2 is 1.76 bits per heavy atom. The molecule has 0 saturated carbocycles. The van der Waals surface area contributed by atoms with Crippen LogP contribution in [0.4, 0.5) is 13.2 Å². The molecule has 3 heterocycles. The van der Waals surface area contributed by atoms with Crippen LogP contribution in [0.5, 0.6) is 0 Å². The Morgan fingerprint density at radius 3 is 2.43 bits per heavy atom. The number of piperidine rings is 2. The largest absolute Gasteiger partial charge is 0.478 e. The van der Waals surface area contributed by atoms with E-state index in [1.807, 2.05) is 0 Å². The Morgan fingerprint density at radius 1 is 1.03 bits per heavy atom. The molecule has 2 aliphatic heterocycles. The van der Waals surface area contributed by atoms with Crippen LogP contribution < -0.4 is 0 Å². The van der Waals surface area contributed by atoms with Gasteiger partial charge in [0.15, 0.2) is 0 Å². The highest BCUT2D eigenvalue weighted by Gasteiger charge is 2.32. The maximum absolute atomic E-state index is 13.5. The minimum absolute atomic E-state index is 0.0399. The first kappa shape index (κ1) is 25.9. The number of carbonyl (C=O) groups is 1. The molecule has 1 aromatic heterocycles. The van der Waals surface area contributed by atoms with Crippen molar-refractivity contribution in [3.05, 3.63) is 64.2 Å². The Hall–Kier alpha value is -2.68. The van der Waals surface area contributed by atoms with Gasteiger partial charge in [-0.25, -0.2) is 9.78 Å². The maximum Gasteiger partial charge on any atom is 0.416 e. The molecule has 3 aromatic rings. The quantitative estimate of drug-likeness (QED) is 0.396. The van der Waals surface area contributed by atoms with Gasteiger partial charge >= 0.3 is 12.1 Å². The number of likely N-dealkylation sites (tertiary alicyclic amines) is 2. The third-order valence-electron chi connectivity index (χ3n) is 7.57. The topological polar surface area (TPSA) is 56.7 Å². The molecule has 2 fully saturated rings. The van der Waals surface area contributed by atoms with Crippen molar-refractivity contribution in [2.24, 2.45) is 0 Å². The van der Waals surface area contributed by atoms with E-state index in [1.54, 1.807) is 24.3 Å². The third kappa shape index (κ3) is 5.61. The molecule has 0 aliphatic carbocycles. The minimum atomic E-state index is -4.52. The highest BCUT2D eigenvalue weighted by Crippen LogP contribution is 2.36. The summed E-state index contributed by atoms with van der Waals surface area (Å²) in [6.45, 7) is 4.12. The van der Waals surface area contributed by atoms with E-state index in [4.69, 9.17) is 11.6 Å². The standard InChI is InChI=1S/C28H29ClF3N3O2/c29-20-7-8-24-22(16-20)25(27(36)37)23(26(33-24)18-5-4-6-19(15-18)28(30,31)32)17-34-13-9-21(10-14-34)35-11-2-1-3-12-35/h4-8,15-16,21H,1-3,9-14,17H2,(H,36,37). The van der Waals surface area contributed by atoms with Crippen LogP contribution in [0.2, 0.25) is 5.02 Å². The van der Waals surface area contributed by atoms with Gasteiger partial charge in [-0.15, -0.1) is 0 Å². The second kappa shape index (κ2) is 10.6. The van der Waals surface area contributed by atoms with Crippen LogP contribution in [0.25, 0.3) is 22.2 Å². The van der Waals surface area contributed by atoms with Crippen molar-refractivity contribution in [3.63, 3.8) is 0 Å². The first-order valence-corrected chi connectivity index (χ1v) is 13.1. The van der Waals surface area contributed by atoms with Crippen LogP contribution >= 0.6 is 11.6 Å². The van der Waals surface area contributed by atoms with Gasteiger partial charge in [-0.05, 0) is 82.2 Å². The third-order valence-corrected chi connectivity index (χ3v) is 7.81. The van der Waals surface area contributed by atoms with E-state index in [0.29, 0.717) is 27.5 Å². The van der Waals surface area contributed by atoms with Crippen molar-refractivity contribution in [1.82, 2.24) is 14.8 Å². The molecule has 0 atom stereocenters. The number of fused-ring (bicyclic) bond motifs is 1. The summed E-state index contributed by atoms with van der Waals surface area (Å²) in [6.07, 6.45) is 1.18. The van der Waals surface area contributed by atoms with Gasteiger partial charge < -0.3 is 10.0 Å². The van der Waals surface area contributed by atoms with E-state index >= 15 is 0 Å². The zero-order valence-corrected chi connectivity index (χ0v) is 21.2. The predicted octanol–water partition coefficient (Wildman–Crippen LogP) is 6.72. The molecule has 0 amide bonds. The summed E-state index contributed by atoms with van der Waals surface area (Å²) in [5.74, 6) is -1.15. The average molecular weight is 532 g/mol. The van der Waals surface area contributed by atoms with Gasteiger partial charge in [-0.3, -0.25) is 4.90 Å². The van der Waals surface area contributed by atoms with E-state index < -0.39 is 17.7 Å². The molecule has 2 aromatic carbocycles. The molecule has 0 spiro atoms. The fourth-order valence-corrected chi connectivity index (χ4v) is 5.88. The van der Waals surface area contributed by atoms with Crippen LogP contribution in [0, 0.1) is 0 Å². The second-order valence-electron chi connectivity index (χ2n) is 9.96. The van der Waals surface area contributed by atoms with Gasteiger partial charge in [-0.1, -0.05) is 30.2 Å². The second-order valence-corrected chi connectivity index (χ2v) is 10.4. The van der Waals surface area contributed by atoms with E-state index in [9.17, 15) is 23.1 Å². The van der Waals surface area contributed by atoms with Crippen LogP contribution in [-0.2, 0) is 12.7 Å². The van der Waals surface area contributed by atoms with Crippen molar-refractivity contribution in [3.8, 4) is 11.3 Å². The number of aromatic nitrogens is 1. The normalized spacial score (nSPS) is 18.4. The number of halogens is 4. The zero-order chi connectivity index (χ0) is 26.2. The number of hydrogen-bond donors (Lipinski definition) is 1. The number of rotatable bonds is 5. The Bertz CT molecular complexity index is 1300. The molecule has 1 N–H and O–H groups in total. The van der Waals surface area contributed by atoms with Crippen molar-refractivity contribution in [2.75, 3.05) is 26.2 Å². The van der Waals surface area contributed by atoms with Crippen molar-refractivity contribution < 1.29 is 23.1 Å². The highest BCUT2D eigenvalue weighted by atomic mass is 35.5. The molecule has 2 saturated heterocycles. The van der Waals surface area contributed by atoms with Gasteiger partial charge in [0.1, 0.15) is 0 Å². The predicted molar refractivity (Wildman–Crippen MR) is 138 cm³/mol. The van der Waals surface area contributed by atoms with Crippen LogP contribution in [0.15, 0.2) is 42.5 Å². The number of pyridine rings is 1. The number of carboxylic acid groups (broad SMARTS) is 1. The minimum Gasteiger partial charge on any atom is -0.478 e. The summed E-state index contributed by atoms with van der Waals surface area (Å²) >= 11 is 6.20. The lowest BCUT2D eigenvalue weighted by molar-refractivity contribution is -0.137. The number of nitrogens with zero attached hydrogens (tertiary/aromatic N) is 3. The molecule has 0 unspecified atom stereocenters. The molecular weight excluding hydrogens is 503 g/mol. The summed E-state index contributed by atoms with van der Waals surface area (Å²) in [6, 6.07) is 10.2. The molecule has 9 heteroatoms. The smallest absolute Gasteiger partial charge is 0.416 e. The van der Waals surface area contributed by atoms with Crippen LogP contribution in [0.3, 0.4) is 0 Å². The summed E-state index contributed by atoms with van der Waals surface area (Å²) in [7, 11) is 0. The van der Waals surface area contributed by atoms with Crippen molar-refractivity contribution >= 4 is 28.5 Å². The lowest BCUT2D eigenvalue weighted by Crippen LogP contribution is -2.46. The summed E-state index contributed by atoms with van der Waals surface area (Å²) in [5, 5.41) is 11.0. The Labute approximate surface area is 218 Å². The lowest BCUT2D eigenvalue weighted by atomic mass is 9.94. The van der Waals surface area contributed by atoms with E-state index in [1.165, 1.54) is 25.3 Å². The molecule has 0 bridgehead atoms. The van der Waals surface area contributed by atoms with Gasteiger partial charge in [0.25, 0.3) is 0 Å². The van der Waals surface area contributed by atoms with Gasteiger partial charge in [-0.2, -0.15) is 13.2 Å². The molecule has 2 aliphatic rings. The molecular formula is C28H29ClF3N3O2. The van der Waals surface area contributed by atoms with Gasteiger partial charge in [0.2, 0.25) is 0 Å². The number of alkyl halides is 3. The zero-order valence-electron chi connectivity index (χ0n) is 20.4. The van der Waals surface area contributed by atoms with E-state index in [0.717, 1.165) is 51.2 Å². The van der Waals surface area contributed by atoms with Gasteiger partial charge in [0, 0.05) is 34.1 Å². The number of aromatic carboxylic acids is 1. The Kier molecular flexibility index (Phi) is 7.43. The summed E-state index contributed by atoms with van der Waals surface area (Å²) in [4.78, 5) is 22.0. The fraction of sp³-hybridized carbons (Fsp3) is 0.429. The van der Waals surface area contributed by atoms with E-state index in [-0.39, 0.29) is 23.4 Å². The SMILES string of the molecule is O=C(O)c1c(CN2CCC(N3CCCCC3)CC2)c(-c2cccc(C(F)(F)F)c2)nc2ccc(Cl)cc12. The molecule has 0 radical (unpaired) electrons. The maximum atomic E-state index is 13.5. The number of benzene rings is 2. The lowest BCUT2D eigenvalue weighted by Gasteiger charge is -2.40. The summed E-state index contributed by atoms with van der Waals surface area (Å²) < 4.78 is 40.5. The monoisotopic (exact) mass is 531 g/mol. The van der Waals surface area contributed by atoms with Crippen LogP contribution in [0.1, 0.15) is 53.6 Å².